The van der Waals surface area contributed by atoms with Crippen molar-refractivity contribution < 1.29 is 14.3 Å². The van der Waals surface area contributed by atoms with Crippen molar-refractivity contribution in [2.75, 3.05) is 12.8 Å². The monoisotopic (exact) mass is 448 g/mol. The fourth-order valence-corrected chi connectivity index (χ4v) is 8.73. The van der Waals surface area contributed by atoms with Gasteiger partial charge in [0.05, 0.1) is 6.61 Å². The SMILES string of the molecule is CN(Cc1cc(N)ccc1CO[Si](c1ccccc1)(c1ccccc1)C(C)(C)C)C(=O)O. The number of carboxylic acid groups (broad SMARTS) is 1. The summed E-state index contributed by atoms with van der Waals surface area (Å²) in [7, 11) is -1.14. The molecule has 3 N–H and O–H groups in total. The summed E-state index contributed by atoms with van der Waals surface area (Å²) in [6.45, 7) is 7.33. The highest BCUT2D eigenvalue weighted by atomic mass is 28.4. The summed E-state index contributed by atoms with van der Waals surface area (Å²) >= 11 is 0. The summed E-state index contributed by atoms with van der Waals surface area (Å²) in [6, 6.07) is 26.6. The minimum absolute atomic E-state index is 0.137. The van der Waals surface area contributed by atoms with Gasteiger partial charge in [0.2, 0.25) is 0 Å². The standard InChI is InChI=1S/C26H32N2O3Si/c1-26(2,3)32(23-11-7-5-8-12-23,24-13-9-6-10-14-24)31-19-20-15-16-22(27)17-21(20)18-28(4)25(29)30/h5-17H,18-19,27H2,1-4H3,(H,29,30). The summed E-state index contributed by atoms with van der Waals surface area (Å²) in [6.07, 6.45) is -0.980. The first kappa shape index (κ1) is 23.6. The van der Waals surface area contributed by atoms with Crippen molar-refractivity contribution >= 4 is 30.5 Å². The molecule has 0 unspecified atom stereocenters. The van der Waals surface area contributed by atoms with E-state index in [-0.39, 0.29) is 11.6 Å². The van der Waals surface area contributed by atoms with Crippen molar-refractivity contribution in [3.8, 4) is 0 Å². The van der Waals surface area contributed by atoms with Crippen LogP contribution in [-0.4, -0.2) is 31.5 Å². The fraction of sp³-hybridized carbons (Fsp3) is 0.269. The van der Waals surface area contributed by atoms with Gasteiger partial charge in [-0.05, 0) is 38.7 Å². The number of amides is 1. The summed E-state index contributed by atoms with van der Waals surface area (Å²) < 4.78 is 7.01. The summed E-state index contributed by atoms with van der Waals surface area (Å²) in [4.78, 5) is 12.6. The molecule has 0 heterocycles. The number of nitrogen functional groups attached to an aromatic ring is 1. The Morgan fingerprint density at radius 1 is 0.938 bits per heavy atom. The molecule has 6 heteroatoms. The molecule has 0 atom stereocenters. The first-order valence-corrected chi connectivity index (χ1v) is 12.6. The van der Waals surface area contributed by atoms with E-state index < -0.39 is 14.4 Å². The number of nitrogens with zero attached hydrogens (tertiary/aromatic N) is 1. The Balaban J connectivity index is 2.07. The molecule has 5 nitrogen and oxygen atoms in total. The Hall–Kier alpha value is -3.09. The number of hydrogen-bond acceptors (Lipinski definition) is 3. The molecule has 3 aromatic rings. The molecular weight excluding hydrogens is 416 g/mol. The van der Waals surface area contributed by atoms with E-state index in [4.69, 9.17) is 10.2 Å². The van der Waals surface area contributed by atoms with Gasteiger partial charge >= 0.3 is 6.09 Å². The van der Waals surface area contributed by atoms with Crippen LogP contribution in [0.1, 0.15) is 31.9 Å². The van der Waals surface area contributed by atoms with Gasteiger partial charge in [0.15, 0.2) is 0 Å². The maximum atomic E-state index is 11.4. The van der Waals surface area contributed by atoms with Crippen LogP contribution >= 0.6 is 0 Å². The zero-order chi connectivity index (χ0) is 23.4. The highest BCUT2D eigenvalue weighted by Crippen LogP contribution is 2.37. The van der Waals surface area contributed by atoms with E-state index in [1.165, 1.54) is 15.3 Å². The third kappa shape index (κ3) is 4.87. The molecule has 168 valence electrons. The third-order valence-electron chi connectivity index (χ3n) is 5.83. The fourth-order valence-electron chi connectivity index (χ4n) is 4.20. The van der Waals surface area contributed by atoms with Gasteiger partial charge in [-0.25, -0.2) is 4.79 Å². The van der Waals surface area contributed by atoms with Crippen LogP contribution in [0.5, 0.6) is 0 Å². The van der Waals surface area contributed by atoms with E-state index in [2.05, 4.69) is 69.3 Å². The van der Waals surface area contributed by atoms with Crippen molar-refractivity contribution in [2.24, 2.45) is 0 Å². The van der Waals surface area contributed by atoms with Crippen molar-refractivity contribution in [1.29, 1.82) is 0 Å². The van der Waals surface area contributed by atoms with Gasteiger partial charge in [-0.1, -0.05) is 87.5 Å². The lowest BCUT2D eigenvalue weighted by Crippen LogP contribution is -2.66. The highest BCUT2D eigenvalue weighted by Gasteiger charge is 2.50. The van der Waals surface area contributed by atoms with E-state index in [1.807, 2.05) is 30.3 Å². The average Bonchev–Trinajstić information content (AvgIpc) is 2.76. The van der Waals surface area contributed by atoms with E-state index in [1.54, 1.807) is 7.05 Å². The predicted molar refractivity (Wildman–Crippen MR) is 133 cm³/mol. The normalized spacial score (nSPS) is 11.9. The molecule has 3 rings (SSSR count). The molecule has 3 aromatic carbocycles. The maximum absolute atomic E-state index is 11.4. The molecule has 0 spiro atoms. The van der Waals surface area contributed by atoms with Crippen LogP contribution in [0.2, 0.25) is 5.04 Å². The molecule has 0 saturated heterocycles. The number of benzene rings is 3. The first-order chi connectivity index (χ1) is 15.1. The van der Waals surface area contributed by atoms with Gasteiger partial charge in [0.1, 0.15) is 0 Å². The maximum Gasteiger partial charge on any atom is 0.407 e. The zero-order valence-electron chi connectivity index (χ0n) is 19.2. The quantitative estimate of drug-likeness (QED) is 0.413. The number of carbonyl (C=O) groups is 1. The van der Waals surface area contributed by atoms with Gasteiger partial charge < -0.3 is 20.2 Å². The zero-order valence-corrected chi connectivity index (χ0v) is 20.2. The molecule has 0 bridgehead atoms. The Bertz CT molecular complexity index is 1010. The molecule has 0 aromatic heterocycles. The smallest absolute Gasteiger partial charge is 0.407 e. The molecule has 0 fully saturated rings. The minimum Gasteiger partial charge on any atom is -0.465 e. The molecule has 0 saturated carbocycles. The second-order valence-corrected chi connectivity index (χ2v) is 13.4. The molecule has 0 radical (unpaired) electrons. The van der Waals surface area contributed by atoms with Crippen LogP contribution in [-0.2, 0) is 17.6 Å². The summed E-state index contributed by atoms with van der Waals surface area (Å²) in [5.41, 5.74) is 8.42. The summed E-state index contributed by atoms with van der Waals surface area (Å²) in [5.74, 6) is 0. The lowest BCUT2D eigenvalue weighted by Gasteiger charge is -2.43. The van der Waals surface area contributed by atoms with Gasteiger partial charge in [0, 0.05) is 19.3 Å². The second kappa shape index (κ2) is 9.59. The number of rotatable bonds is 7. The lowest BCUT2D eigenvalue weighted by atomic mass is 10.1. The van der Waals surface area contributed by atoms with Gasteiger partial charge in [-0.2, -0.15) is 0 Å². The van der Waals surface area contributed by atoms with Crippen LogP contribution in [0, 0.1) is 0 Å². The number of nitrogens with two attached hydrogens (primary N) is 1. The average molecular weight is 449 g/mol. The molecule has 0 aliphatic carbocycles. The Morgan fingerprint density at radius 2 is 1.47 bits per heavy atom. The molecule has 1 amide bonds. The predicted octanol–water partition coefficient (Wildman–Crippen LogP) is 4.46. The van der Waals surface area contributed by atoms with Crippen LogP contribution in [0.25, 0.3) is 0 Å². The van der Waals surface area contributed by atoms with Crippen molar-refractivity contribution in [1.82, 2.24) is 4.90 Å². The molecule has 0 aliphatic rings. The minimum atomic E-state index is -2.69. The summed E-state index contributed by atoms with van der Waals surface area (Å²) in [5, 5.41) is 11.6. The number of anilines is 1. The Morgan fingerprint density at radius 3 is 1.94 bits per heavy atom. The van der Waals surface area contributed by atoms with Crippen LogP contribution < -0.4 is 16.1 Å². The largest absolute Gasteiger partial charge is 0.465 e. The Kier molecular flexibility index (Phi) is 7.06. The second-order valence-electron chi connectivity index (χ2n) is 9.12. The number of hydrogen-bond donors (Lipinski definition) is 2. The highest BCUT2D eigenvalue weighted by molar-refractivity contribution is 6.99. The van der Waals surface area contributed by atoms with Crippen LogP contribution in [0.3, 0.4) is 0 Å². The Labute approximate surface area is 191 Å². The van der Waals surface area contributed by atoms with Crippen LogP contribution in [0.4, 0.5) is 10.5 Å². The van der Waals surface area contributed by atoms with E-state index in [9.17, 15) is 9.90 Å². The third-order valence-corrected chi connectivity index (χ3v) is 10.8. The molecular formula is C26H32N2O3Si. The van der Waals surface area contributed by atoms with E-state index in [0.717, 1.165) is 11.1 Å². The molecule has 32 heavy (non-hydrogen) atoms. The van der Waals surface area contributed by atoms with Gasteiger partial charge in [-0.3, -0.25) is 0 Å². The van der Waals surface area contributed by atoms with Gasteiger partial charge in [0.25, 0.3) is 8.32 Å². The first-order valence-electron chi connectivity index (χ1n) is 10.7. The topological polar surface area (TPSA) is 75.8 Å². The van der Waals surface area contributed by atoms with Gasteiger partial charge in [-0.15, -0.1) is 0 Å². The van der Waals surface area contributed by atoms with E-state index in [0.29, 0.717) is 12.3 Å². The van der Waals surface area contributed by atoms with Crippen LogP contribution in [0.15, 0.2) is 78.9 Å². The van der Waals surface area contributed by atoms with Crippen molar-refractivity contribution in [3.05, 3.63) is 90.0 Å². The van der Waals surface area contributed by atoms with Crippen molar-refractivity contribution in [2.45, 2.75) is 39.0 Å². The lowest BCUT2D eigenvalue weighted by molar-refractivity contribution is 0.153. The molecule has 0 aliphatic heterocycles. The van der Waals surface area contributed by atoms with E-state index >= 15 is 0 Å². The van der Waals surface area contributed by atoms with Crippen molar-refractivity contribution in [3.63, 3.8) is 0 Å².